The van der Waals surface area contributed by atoms with Crippen molar-refractivity contribution in [2.24, 2.45) is 5.92 Å². The van der Waals surface area contributed by atoms with Gasteiger partial charge in [-0.15, -0.1) is 0 Å². The van der Waals surface area contributed by atoms with Crippen LogP contribution in [0.3, 0.4) is 0 Å². The standard InChI is InChI=1S/C18H22N2O4/c1-11-4-3-5-15(12(11)2)20-9-13(8-16(20)21)18(24)19(10-17(22)23)14-6-7-14/h3-5,13-14H,6-10H2,1-2H3,(H,22,23). The van der Waals surface area contributed by atoms with Crippen molar-refractivity contribution in [1.82, 2.24) is 4.90 Å². The van der Waals surface area contributed by atoms with Crippen LogP contribution in [0.1, 0.15) is 30.4 Å². The van der Waals surface area contributed by atoms with E-state index in [4.69, 9.17) is 5.11 Å². The number of aliphatic carboxylic acids is 1. The summed E-state index contributed by atoms with van der Waals surface area (Å²) in [7, 11) is 0. The average Bonchev–Trinajstić information content (AvgIpc) is 3.29. The van der Waals surface area contributed by atoms with Gasteiger partial charge in [-0.25, -0.2) is 0 Å². The zero-order valence-corrected chi connectivity index (χ0v) is 14.0. The van der Waals surface area contributed by atoms with Gasteiger partial charge < -0.3 is 14.9 Å². The number of hydrogen-bond donors (Lipinski definition) is 1. The van der Waals surface area contributed by atoms with Crippen molar-refractivity contribution < 1.29 is 19.5 Å². The molecule has 0 spiro atoms. The fourth-order valence-electron chi connectivity index (χ4n) is 3.29. The first kappa shape index (κ1) is 16.5. The fraction of sp³-hybridized carbons (Fsp3) is 0.500. The van der Waals surface area contributed by atoms with Gasteiger partial charge in [0.1, 0.15) is 6.54 Å². The van der Waals surface area contributed by atoms with Crippen molar-refractivity contribution in [3.8, 4) is 0 Å². The van der Waals surface area contributed by atoms with Gasteiger partial charge in [0.15, 0.2) is 0 Å². The van der Waals surface area contributed by atoms with Gasteiger partial charge in [-0.05, 0) is 43.9 Å². The smallest absolute Gasteiger partial charge is 0.323 e. The Labute approximate surface area is 141 Å². The summed E-state index contributed by atoms with van der Waals surface area (Å²) in [6.07, 6.45) is 1.84. The van der Waals surface area contributed by atoms with Gasteiger partial charge in [0.05, 0.1) is 5.92 Å². The second kappa shape index (κ2) is 6.26. The Bertz CT molecular complexity index is 696. The van der Waals surface area contributed by atoms with Crippen molar-refractivity contribution in [2.75, 3.05) is 18.0 Å². The molecule has 3 rings (SSSR count). The van der Waals surface area contributed by atoms with Crippen molar-refractivity contribution in [3.05, 3.63) is 29.3 Å². The number of benzene rings is 1. The molecule has 1 aromatic rings. The summed E-state index contributed by atoms with van der Waals surface area (Å²) in [6, 6.07) is 5.81. The lowest BCUT2D eigenvalue weighted by Gasteiger charge is -2.24. The van der Waals surface area contributed by atoms with E-state index >= 15 is 0 Å². The summed E-state index contributed by atoms with van der Waals surface area (Å²) in [5, 5.41) is 9.03. The Hall–Kier alpha value is -2.37. The Morgan fingerprint density at radius 1 is 1.29 bits per heavy atom. The van der Waals surface area contributed by atoms with Crippen LogP contribution in [-0.2, 0) is 14.4 Å². The van der Waals surface area contributed by atoms with Crippen LogP contribution in [0, 0.1) is 19.8 Å². The van der Waals surface area contributed by atoms with Crippen LogP contribution in [0.2, 0.25) is 0 Å². The monoisotopic (exact) mass is 330 g/mol. The summed E-state index contributed by atoms with van der Waals surface area (Å²) in [5.41, 5.74) is 2.97. The number of rotatable bonds is 5. The molecule has 1 saturated heterocycles. The van der Waals surface area contributed by atoms with E-state index in [1.54, 1.807) is 4.90 Å². The topological polar surface area (TPSA) is 77.9 Å². The molecule has 24 heavy (non-hydrogen) atoms. The summed E-state index contributed by atoms with van der Waals surface area (Å²) < 4.78 is 0. The lowest BCUT2D eigenvalue weighted by atomic mass is 10.1. The van der Waals surface area contributed by atoms with E-state index < -0.39 is 11.9 Å². The van der Waals surface area contributed by atoms with Crippen LogP contribution in [-0.4, -0.2) is 46.9 Å². The number of carboxylic acid groups (broad SMARTS) is 1. The third-order valence-corrected chi connectivity index (χ3v) is 4.92. The number of amides is 2. The minimum atomic E-state index is -1.01. The number of carbonyl (C=O) groups is 3. The first-order chi connectivity index (χ1) is 11.4. The van der Waals surface area contributed by atoms with Gasteiger partial charge in [0.25, 0.3) is 0 Å². The maximum atomic E-state index is 12.7. The van der Waals surface area contributed by atoms with E-state index in [2.05, 4.69) is 0 Å². The molecule has 1 aliphatic heterocycles. The third-order valence-electron chi connectivity index (χ3n) is 4.92. The summed E-state index contributed by atoms with van der Waals surface area (Å²) in [4.78, 5) is 39.3. The van der Waals surface area contributed by atoms with Crippen LogP contribution in [0.15, 0.2) is 18.2 Å². The second-order valence-electron chi connectivity index (χ2n) is 6.72. The largest absolute Gasteiger partial charge is 0.480 e. The number of aryl methyl sites for hydroxylation is 1. The van der Waals surface area contributed by atoms with Gasteiger partial charge in [0.2, 0.25) is 11.8 Å². The summed E-state index contributed by atoms with van der Waals surface area (Å²) in [5.74, 6) is -1.75. The van der Waals surface area contributed by atoms with Gasteiger partial charge >= 0.3 is 5.97 Å². The number of carbonyl (C=O) groups excluding carboxylic acids is 2. The molecule has 6 nitrogen and oxygen atoms in total. The number of nitrogens with zero attached hydrogens (tertiary/aromatic N) is 2. The first-order valence-electron chi connectivity index (χ1n) is 8.27. The quantitative estimate of drug-likeness (QED) is 0.892. The second-order valence-corrected chi connectivity index (χ2v) is 6.72. The Kier molecular flexibility index (Phi) is 4.30. The molecule has 1 aromatic carbocycles. The molecule has 2 aliphatic rings. The Morgan fingerprint density at radius 3 is 2.62 bits per heavy atom. The molecule has 1 unspecified atom stereocenters. The molecule has 1 aliphatic carbocycles. The Morgan fingerprint density at radius 2 is 2.00 bits per heavy atom. The molecule has 2 amide bonds. The molecule has 0 bridgehead atoms. The molecule has 1 saturated carbocycles. The molecule has 2 fully saturated rings. The molecule has 0 aromatic heterocycles. The van der Waals surface area contributed by atoms with Crippen molar-refractivity contribution in [1.29, 1.82) is 0 Å². The van der Waals surface area contributed by atoms with Crippen LogP contribution < -0.4 is 4.90 Å². The molecular weight excluding hydrogens is 308 g/mol. The van der Waals surface area contributed by atoms with Crippen molar-refractivity contribution in [3.63, 3.8) is 0 Å². The van der Waals surface area contributed by atoms with Crippen LogP contribution in [0.5, 0.6) is 0 Å². The predicted molar refractivity (Wildman–Crippen MR) is 88.7 cm³/mol. The maximum absolute atomic E-state index is 12.7. The number of hydrogen-bond acceptors (Lipinski definition) is 3. The van der Waals surface area contributed by atoms with Crippen molar-refractivity contribution >= 4 is 23.5 Å². The highest BCUT2D eigenvalue weighted by Crippen LogP contribution is 2.33. The first-order valence-corrected chi connectivity index (χ1v) is 8.27. The molecular formula is C18H22N2O4. The minimum absolute atomic E-state index is 0.0263. The summed E-state index contributed by atoms with van der Waals surface area (Å²) in [6.45, 7) is 4.00. The molecule has 0 radical (unpaired) electrons. The SMILES string of the molecule is Cc1cccc(N2CC(C(=O)N(CC(=O)O)C3CC3)CC2=O)c1C. The summed E-state index contributed by atoms with van der Waals surface area (Å²) >= 11 is 0. The van der Waals surface area contributed by atoms with E-state index in [1.807, 2.05) is 32.0 Å². The minimum Gasteiger partial charge on any atom is -0.480 e. The highest BCUT2D eigenvalue weighted by Gasteiger charge is 2.42. The number of carboxylic acids is 1. The predicted octanol–water partition coefficient (Wildman–Crippen LogP) is 1.73. The molecule has 6 heteroatoms. The van der Waals surface area contributed by atoms with E-state index in [9.17, 15) is 14.4 Å². The van der Waals surface area contributed by atoms with Gasteiger partial charge in [-0.2, -0.15) is 0 Å². The van der Waals surface area contributed by atoms with E-state index in [0.29, 0.717) is 6.54 Å². The lowest BCUT2D eigenvalue weighted by Crippen LogP contribution is -2.42. The maximum Gasteiger partial charge on any atom is 0.323 e. The zero-order valence-electron chi connectivity index (χ0n) is 14.0. The van der Waals surface area contributed by atoms with Gasteiger partial charge in [-0.1, -0.05) is 12.1 Å². The van der Waals surface area contributed by atoms with E-state index in [1.165, 1.54) is 4.90 Å². The Balaban J connectivity index is 1.77. The van der Waals surface area contributed by atoms with Crippen LogP contribution in [0.4, 0.5) is 5.69 Å². The fourth-order valence-corrected chi connectivity index (χ4v) is 3.29. The average molecular weight is 330 g/mol. The molecule has 1 N–H and O–H groups in total. The molecule has 1 heterocycles. The van der Waals surface area contributed by atoms with Gasteiger partial charge in [0, 0.05) is 24.7 Å². The lowest BCUT2D eigenvalue weighted by molar-refractivity contribution is -0.146. The van der Waals surface area contributed by atoms with Crippen LogP contribution >= 0.6 is 0 Å². The van der Waals surface area contributed by atoms with E-state index in [-0.39, 0.29) is 30.8 Å². The third kappa shape index (κ3) is 3.13. The highest BCUT2D eigenvalue weighted by atomic mass is 16.4. The molecule has 128 valence electrons. The highest BCUT2D eigenvalue weighted by molar-refractivity contribution is 6.01. The normalized spacial score (nSPS) is 20.3. The zero-order chi connectivity index (χ0) is 17.4. The van der Waals surface area contributed by atoms with Crippen molar-refractivity contribution in [2.45, 2.75) is 39.2 Å². The van der Waals surface area contributed by atoms with Gasteiger partial charge in [-0.3, -0.25) is 14.4 Å². The number of anilines is 1. The van der Waals surface area contributed by atoms with E-state index in [0.717, 1.165) is 29.7 Å². The van der Waals surface area contributed by atoms with Crippen LogP contribution in [0.25, 0.3) is 0 Å². The molecule has 1 atom stereocenters.